The third-order valence-corrected chi connectivity index (χ3v) is 3.92. The summed E-state index contributed by atoms with van der Waals surface area (Å²) in [5.41, 5.74) is 3.04. The van der Waals surface area contributed by atoms with Crippen molar-refractivity contribution in [2.75, 3.05) is 0 Å². The molecule has 0 heterocycles. The maximum absolute atomic E-state index is 2.36. The van der Waals surface area contributed by atoms with E-state index in [1.807, 2.05) is 0 Å². The van der Waals surface area contributed by atoms with Crippen LogP contribution in [0.3, 0.4) is 0 Å². The zero-order valence-electron chi connectivity index (χ0n) is 12.4. The van der Waals surface area contributed by atoms with Gasteiger partial charge in [0.15, 0.2) is 0 Å². The van der Waals surface area contributed by atoms with Crippen molar-refractivity contribution < 1.29 is 0 Å². The van der Waals surface area contributed by atoms with Gasteiger partial charge in [-0.15, -0.1) is 0 Å². The normalized spacial score (nSPS) is 11.1. The topological polar surface area (TPSA) is 0 Å². The fraction of sp³-hybridized carbons (Fsp3) is 0.474. The average Bonchev–Trinajstić information content (AvgIpc) is 2.46. The standard InChI is InChI=1S/C19H26/c1-3-5-6-7-11-17-15-14-16(10-4-2)18-12-8-9-13-19(17)18/h8-9,12-15H,3-7,10-11H2,1-2H3. The van der Waals surface area contributed by atoms with Crippen molar-refractivity contribution >= 4 is 10.8 Å². The summed E-state index contributed by atoms with van der Waals surface area (Å²) < 4.78 is 0. The Morgan fingerprint density at radius 1 is 0.632 bits per heavy atom. The van der Waals surface area contributed by atoms with E-state index in [4.69, 9.17) is 0 Å². The number of hydrogen-bond donors (Lipinski definition) is 0. The monoisotopic (exact) mass is 254 g/mol. The van der Waals surface area contributed by atoms with Crippen molar-refractivity contribution in [3.63, 3.8) is 0 Å². The molecule has 0 saturated heterocycles. The van der Waals surface area contributed by atoms with E-state index in [1.165, 1.54) is 66.8 Å². The third-order valence-electron chi connectivity index (χ3n) is 3.92. The largest absolute Gasteiger partial charge is 0.0654 e. The average molecular weight is 254 g/mol. The SMILES string of the molecule is CCCCCCc1ccc(CCC)c2ccccc12. The van der Waals surface area contributed by atoms with E-state index in [0.717, 1.165) is 0 Å². The van der Waals surface area contributed by atoms with Crippen molar-refractivity contribution in [2.45, 2.75) is 58.8 Å². The summed E-state index contributed by atoms with van der Waals surface area (Å²) in [6, 6.07) is 13.6. The molecule has 0 aliphatic heterocycles. The van der Waals surface area contributed by atoms with Gasteiger partial charge < -0.3 is 0 Å². The van der Waals surface area contributed by atoms with Crippen LogP contribution < -0.4 is 0 Å². The summed E-state index contributed by atoms with van der Waals surface area (Å²) in [5, 5.41) is 2.95. The number of benzene rings is 2. The Morgan fingerprint density at radius 2 is 1.26 bits per heavy atom. The first-order valence-corrected chi connectivity index (χ1v) is 7.86. The Morgan fingerprint density at radius 3 is 1.84 bits per heavy atom. The summed E-state index contributed by atoms with van der Waals surface area (Å²) in [7, 11) is 0. The fourth-order valence-electron chi connectivity index (χ4n) is 2.87. The van der Waals surface area contributed by atoms with Crippen LogP contribution in [-0.4, -0.2) is 0 Å². The Labute approximate surface area is 117 Å². The van der Waals surface area contributed by atoms with Gasteiger partial charge in [0, 0.05) is 0 Å². The van der Waals surface area contributed by atoms with Gasteiger partial charge in [-0.3, -0.25) is 0 Å². The highest BCUT2D eigenvalue weighted by Crippen LogP contribution is 2.25. The molecular formula is C19H26. The predicted octanol–water partition coefficient (Wildman–Crippen LogP) is 5.92. The molecule has 0 aliphatic rings. The van der Waals surface area contributed by atoms with Crippen LogP contribution in [0, 0.1) is 0 Å². The molecule has 0 fully saturated rings. The lowest BCUT2D eigenvalue weighted by atomic mass is 9.94. The molecule has 0 aromatic heterocycles. The third kappa shape index (κ3) is 3.59. The highest BCUT2D eigenvalue weighted by molar-refractivity contribution is 5.88. The molecule has 2 aromatic rings. The lowest BCUT2D eigenvalue weighted by Crippen LogP contribution is -1.92. The van der Waals surface area contributed by atoms with Gasteiger partial charge in [-0.25, -0.2) is 0 Å². The minimum absolute atomic E-state index is 1.19. The Balaban J connectivity index is 2.22. The number of aryl methyl sites for hydroxylation is 2. The zero-order chi connectivity index (χ0) is 13.5. The number of hydrogen-bond acceptors (Lipinski definition) is 0. The van der Waals surface area contributed by atoms with E-state index in [0.29, 0.717) is 0 Å². The smallest absolute Gasteiger partial charge is 0.0149 e. The molecule has 19 heavy (non-hydrogen) atoms. The van der Waals surface area contributed by atoms with E-state index < -0.39 is 0 Å². The van der Waals surface area contributed by atoms with Crippen LogP contribution in [0.25, 0.3) is 10.8 Å². The van der Waals surface area contributed by atoms with Crippen molar-refractivity contribution in [3.8, 4) is 0 Å². The Hall–Kier alpha value is -1.30. The molecule has 0 nitrogen and oxygen atoms in total. The lowest BCUT2D eigenvalue weighted by Gasteiger charge is -2.11. The molecular weight excluding hydrogens is 228 g/mol. The second-order valence-corrected chi connectivity index (χ2v) is 5.49. The van der Waals surface area contributed by atoms with Crippen LogP contribution in [0.2, 0.25) is 0 Å². The van der Waals surface area contributed by atoms with Gasteiger partial charge in [0.25, 0.3) is 0 Å². The van der Waals surface area contributed by atoms with Crippen molar-refractivity contribution in [1.29, 1.82) is 0 Å². The van der Waals surface area contributed by atoms with Gasteiger partial charge >= 0.3 is 0 Å². The maximum Gasteiger partial charge on any atom is -0.0149 e. The number of unbranched alkanes of at least 4 members (excludes halogenated alkanes) is 3. The van der Waals surface area contributed by atoms with E-state index in [9.17, 15) is 0 Å². The van der Waals surface area contributed by atoms with Gasteiger partial charge in [-0.05, 0) is 41.2 Å². The van der Waals surface area contributed by atoms with Gasteiger partial charge in [0.1, 0.15) is 0 Å². The Kier molecular flexibility index (Phi) is 5.44. The summed E-state index contributed by atoms with van der Waals surface area (Å²) in [5.74, 6) is 0. The van der Waals surface area contributed by atoms with E-state index in [2.05, 4.69) is 50.2 Å². The molecule has 0 aliphatic carbocycles. The van der Waals surface area contributed by atoms with Crippen LogP contribution in [0.15, 0.2) is 36.4 Å². The quantitative estimate of drug-likeness (QED) is 0.538. The molecule has 0 saturated carbocycles. The van der Waals surface area contributed by atoms with E-state index >= 15 is 0 Å². The first kappa shape index (κ1) is 14.1. The van der Waals surface area contributed by atoms with Gasteiger partial charge in [0.05, 0.1) is 0 Å². The first-order valence-electron chi connectivity index (χ1n) is 7.86. The van der Waals surface area contributed by atoms with Gasteiger partial charge in [0.2, 0.25) is 0 Å². The molecule has 102 valence electrons. The number of fused-ring (bicyclic) bond motifs is 1. The molecule has 0 heteroatoms. The highest BCUT2D eigenvalue weighted by Gasteiger charge is 2.05. The molecule has 0 N–H and O–H groups in total. The van der Waals surface area contributed by atoms with Crippen molar-refractivity contribution in [1.82, 2.24) is 0 Å². The molecule has 0 spiro atoms. The summed E-state index contributed by atoms with van der Waals surface area (Å²) in [6.07, 6.45) is 9.01. The van der Waals surface area contributed by atoms with Crippen LogP contribution in [0.5, 0.6) is 0 Å². The molecule has 0 unspecified atom stereocenters. The summed E-state index contributed by atoms with van der Waals surface area (Å²) >= 11 is 0. The molecule has 0 bridgehead atoms. The van der Waals surface area contributed by atoms with Crippen LogP contribution in [0.4, 0.5) is 0 Å². The maximum atomic E-state index is 2.36. The first-order chi connectivity index (χ1) is 9.36. The second-order valence-electron chi connectivity index (χ2n) is 5.49. The number of rotatable bonds is 7. The summed E-state index contributed by atoms with van der Waals surface area (Å²) in [4.78, 5) is 0. The molecule has 0 atom stereocenters. The van der Waals surface area contributed by atoms with E-state index in [-0.39, 0.29) is 0 Å². The van der Waals surface area contributed by atoms with Gasteiger partial charge in [-0.1, -0.05) is 75.9 Å². The van der Waals surface area contributed by atoms with Gasteiger partial charge in [-0.2, -0.15) is 0 Å². The fourth-order valence-corrected chi connectivity index (χ4v) is 2.87. The van der Waals surface area contributed by atoms with Crippen LogP contribution in [0.1, 0.15) is 57.1 Å². The van der Waals surface area contributed by atoms with E-state index in [1.54, 1.807) is 0 Å². The van der Waals surface area contributed by atoms with Crippen molar-refractivity contribution in [2.24, 2.45) is 0 Å². The predicted molar refractivity (Wildman–Crippen MR) is 85.8 cm³/mol. The highest BCUT2D eigenvalue weighted by atomic mass is 14.1. The minimum Gasteiger partial charge on any atom is -0.0654 e. The molecule has 2 aromatic carbocycles. The second kappa shape index (κ2) is 7.33. The van der Waals surface area contributed by atoms with Crippen LogP contribution >= 0.6 is 0 Å². The molecule has 0 radical (unpaired) electrons. The van der Waals surface area contributed by atoms with Crippen LogP contribution in [-0.2, 0) is 12.8 Å². The zero-order valence-corrected chi connectivity index (χ0v) is 12.4. The Bertz CT molecular complexity index is 510. The minimum atomic E-state index is 1.19. The molecule has 0 amide bonds. The lowest BCUT2D eigenvalue weighted by molar-refractivity contribution is 0.668. The van der Waals surface area contributed by atoms with Crippen molar-refractivity contribution in [3.05, 3.63) is 47.5 Å². The molecule has 2 rings (SSSR count). The summed E-state index contributed by atoms with van der Waals surface area (Å²) in [6.45, 7) is 4.53.